The zero-order valence-electron chi connectivity index (χ0n) is 12.7. The Labute approximate surface area is 139 Å². The zero-order valence-corrected chi connectivity index (χ0v) is 13.5. The molecule has 0 aliphatic carbocycles. The van der Waals surface area contributed by atoms with E-state index in [0.29, 0.717) is 16.3 Å². The molecule has 23 heavy (non-hydrogen) atoms. The molecule has 1 atom stereocenters. The Morgan fingerprint density at radius 3 is 2.61 bits per heavy atom. The standard InChI is InChI=1S/C17H19N3O2S/c21-16(14-7-1-2-9-18-14)19-12-5-3-6-13(11-12)20-17(22)15-8-4-10-23-15/h3-6,8,10-11,14,18H,1-2,7,9H2,(H,19,21)(H,20,22)/t14-/m0/s1. The molecule has 2 heterocycles. The maximum absolute atomic E-state index is 12.2. The third kappa shape index (κ3) is 4.18. The first kappa shape index (κ1) is 15.7. The summed E-state index contributed by atoms with van der Waals surface area (Å²) in [5, 5.41) is 10.8. The fraction of sp³-hybridized carbons (Fsp3) is 0.294. The average molecular weight is 329 g/mol. The molecule has 5 nitrogen and oxygen atoms in total. The van der Waals surface area contributed by atoms with Gasteiger partial charge in [-0.2, -0.15) is 0 Å². The highest BCUT2D eigenvalue weighted by Crippen LogP contribution is 2.18. The number of piperidine rings is 1. The van der Waals surface area contributed by atoms with Crippen LogP contribution in [0.3, 0.4) is 0 Å². The summed E-state index contributed by atoms with van der Waals surface area (Å²) in [6, 6.07) is 10.7. The fourth-order valence-corrected chi connectivity index (χ4v) is 3.20. The van der Waals surface area contributed by atoms with Crippen LogP contribution in [-0.2, 0) is 4.79 Å². The third-order valence-electron chi connectivity index (χ3n) is 3.76. The minimum Gasteiger partial charge on any atom is -0.325 e. The molecule has 2 amide bonds. The normalized spacial score (nSPS) is 17.5. The molecule has 3 rings (SSSR count). The molecule has 1 aliphatic rings. The molecule has 1 aromatic heterocycles. The summed E-state index contributed by atoms with van der Waals surface area (Å²) in [5.41, 5.74) is 1.35. The van der Waals surface area contributed by atoms with Crippen molar-refractivity contribution in [2.45, 2.75) is 25.3 Å². The quantitative estimate of drug-likeness (QED) is 0.807. The van der Waals surface area contributed by atoms with Crippen LogP contribution in [0.2, 0.25) is 0 Å². The Morgan fingerprint density at radius 2 is 1.91 bits per heavy atom. The van der Waals surface area contributed by atoms with Gasteiger partial charge in [0, 0.05) is 11.4 Å². The number of benzene rings is 1. The van der Waals surface area contributed by atoms with E-state index in [1.807, 2.05) is 23.6 Å². The van der Waals surface area contributed by atoms with Crippen molar-refractivity contribution < 1.29 is 9.59 Å². The van der Waals surface area contributed by atoms with Crippen LogP contribution in [0.5, 0.6) is 0 Å². The molecule has 1 aliphatic heterocycles. The maximum atomic E-state index is 12.2. The lowest BCUT2D eigenvalue weighted by atomic mass is 10.0. The molecule has 0 bridgehead atoms. The van der Waals surface area contributed by atoms with E-state index in [9.17, 15) is 9.59 Å². The first-order valence-electron chi connectivity index (χ1n) is 7.71. The highest BCUT2D eigenvalue weighted by Gasteiger charge is 2.20. The molecular formula is C17H19N3O2S. The van der Waals surface area contributed by atoms with Gasteiger partial charge in [0.1, 0.15) is 0 Å². The van der Waals surface area contributed by atoms with Crippen LogP contribution >= 0.6 is 11.3 Å². The van der Waals surface area contributed by atoms with E-state index in [4.69, 9.17) is 0 Å². The second-order valence-corrected chi connectivity index (χ2v) is 6.45. The number of rotatable bonds is 4. The summed E-state index contributed by atoms with van der Waals surface area (Å²) in [6.07, 6.45) is 3.05. The van der Waals surface area contributed by atoms with Gasteiger partial charge >= 0.3 is 0 Å². The van der Waals surface area contributed by atoms with Crippen LogP contribution in [0, 0.1) is 0 Å². The van der Waals surface area contributed by atoms with Crippen molar-refractivity contribution in [3.05, 3.63) is 46.7 Å². The van der Waals surface area contributed by atoms with E-state index in [0.717, 1.165) is 25.8 Å². The predicted molar refractivity (Wildman–Crippen MR) is 93.0 cm³/mol. The molecule has 0 unspecified atom stereocenters. The van der Waals surface area contributed by atoms with E-state index in [1.54, 1.807) is 18.2 Å². The summed E-state index contributed by atoms with van der Waals surface area (Å²) in [4.78, 5) is 24.9. The molecule has 6 heteroatoms. The average Bonchev–Trinajstić information content (AvgIpc) is 3.10. The van der Waals surface area contributed by atoms with E-state index < -0.39 is 0 Å². The first-order chi connectivity index (χ1) is 11.2. The Morgan fingerprint density at radius 1 is 1.09 bits per heavy atom. The van der Waals surface area contributed by atoms with E-state index in [2.05, 4.69) is 16.0 Å². The van der Waals surface area contributed by atoms with Crippen molar-refractivity contribution in [1.82, 2.24) is 5.32 Å². The lowest BCUT2D eigenvalue weighted by Gasteiger charge is -2.22. The van der Waals surface area contributed by atoms with Gasteiger partial charge in [0.05, 0.1) is 10.9 Å². The molecule has 0 radical (unpaired) electrons. The van der Waals surface area contributed by atoms with Gasteiger partial charge in [-0.15, -0.1) is 11.3 Å². The van der Waals surface area contributed by atoms with Crippen molar-refractivity contribution in [2.24, 2.45) is 0 Å². The zero-order chi connectivity index (χ0) is 16.1. The van der Waals surface area contributed by atoms with Gasteiger partial charge in [0.25, 0.3) is 5.91 Å². The number of carbonyl (C=O) groups excluding carboxylic acids is 2. The van der Waals surface area contributed by atoms with Gasteiger partial charge in [0.2, 0.25) is 5.91 Å². The summed E-state index contributed by atoms with van der Waals surface area (Å²) < 4.78 is 0. The molecule has 1 aromatic carbocycles. The monoisotopic (exact) mass is 329 g/mol. The Balaban J connectivity index is 1.62. The van der Waals surface area contributed by atoms with Gasteiger partial charge in [-0.05, 0) is 49.0 Å². The molecule has 120 valence electrons. The minimum atomic E-state index is -0.141. The molecule has 0 saturated carbocycles. The topological polar surface area (TPSA) is 70.2 Å². The second kappa shape index (κ2) is 7.39. The largest absolute Gasteiger partial charge is 0.325 e. The van der Waals surface area contributed by atoms with Gasteiger partial charge in [-0.1, -0.05) is 18.6 Å². The molecule has 0 spiro atoms. The Kier molecular flexibility index (Phi) is 5.05. The number of hydrogen-bond donors (Lipinski definition) is 3. The lowest BCUT2D eigenvalue weighted by Crippen LogP contribution is -2.43. The summed E-state index contributed by atoms with van der Waals surface area (Å²) >= 11 is 1.39. The maximum Gasteiger partial charge on any atom is 0.265 e. The Hall–Kier alpha value is -2.18. The molecule has 1 fully saturated rings. The van der Waals surface area contributed by atoms with Crippen LogP contribution in [-0.4, -0.2) is 24.4 Å². The second-order valence-electron chi connectivity index (χ2n) is 5.50. The lowest BCUT2D eigenvalue weighted by molar-refractivity contribution is -0.118. The van der Waals surface area contributed by atoms with Gasteiger partial charge in [-0.25, -0.2) is 0 Å². The van der Waals surface area contributed by atoms with Crippen molar-refractivity contribution >= 4 is 34.5 Å². The Bertz CT molecular complexity index is 679. The fourth-order valence-electron chi connectivity index (χ4n) is 2.58. The predicted octanol–water partition coefficient (Wildman–Crippen LogP) is 3.08. The molecule has 3 N–H and O–H groups in total. The highest BCUT2D eigenvalue weighted by atomic mass is 32.1. The van der Waals surface area contributed by atoms with E-state index in [1.165, 1.54) is 11.3 Å². The number of anilines is 2. The van der Waals surface area contributed by atoms with Crippen LogP contribution in [0.15, 0.2) is 41.8 Å². The van der Waals surface area contributed by atoms with Gasteiger partial charge in [-0.3, -0.25) is 9.59 Å². The number of nitrogens with one attached hydrogen (secondary N) is 3. The molecular weight excluding hydrogens is 310 g/mol. The molecule has 2 aromatic rings. The van der Waals surface area contributed by atoms with Crippen LogP contribution in [0.1, 0.15) is 28.9 Å². The van der Waals surface area contributed by atoms with Crippen LogP contribution in [0.4, 0.5) is 11.4 Å². The smallest absolute Gasteiger partial charge is 0.265 e. The van der Waals surface area contributed by atoms with Crippen molar-refractivity contribution in [2.75, 3.05) is 17.2 Å². The van der Waals surface area contributed by atoms with Crippen LogP contribution < -0.4 is 16.0 Å². The van der Waals surface area contributed by atoms with E-state index >= 15 is 0 Å². The minimum absolute atomic E-state index is 0.0218. The highest BCUT2D eigenvalue weighted by molar-refractivity contribution is 7.12. The van der Waals surface area contributed by atoms with Crippen molar-refractivity contribution in [3.63, 3.8) is 0 Å². The van der Waals surface area contributed by atoms with Gasteiger partial charge in [0.15, 0.2) is 0 Å². The molecule has 1 saturated heterocycles. The number of carbonyl (C=O) groups is 2. The van der Waals surface area contributed by atoms with Crippen molar-refractivity contribution in [1.29, 1.82) is 0 Å². The number of amides is 2. The number of thiophene rings is 1. The third-order valence-corrected chi connectivity index (χ3v) is 4.63. The van der Waals surface area contributed by atoms with Crippen LogP contribution in [0.25, 0.3) is 0 Å². The summed E-state index contributed by atoms with van der Waals surface area (Å²) in [5.74, 6) is -0.163. The number of hydrogen-bond acceptors (Lipinski definition) is 4. The van der Waals surface area contributed by atoms with Gasteiger partial charge < -0.3 is 16.0 Å². The SMILES string of the molecule is O=C(Nc1cccc(NC(=O)[C@@H]2CCCCN2)c1)c1cccs1. The van der Waals surface area contributed by atoms with Crippen molar-refractivity contribution in [3.8, 4) is 0 Å². The van der Waals surface area contributed by atoms with E-state index in [-0.39, 0.29) is 17.9 Å². The summed E-state index contributed by atoms with van der Waals surface area (Å²) in [7, 11) is 0. The first-order valence-corrected chi connectivity index (χ1v) is 8.59. The summed E-state index contributed by atoms with van der Waals surface area (Å²) in [6.45, 7) is 0.884.